The molecule has 0 aromatic carbocycles. The quantitative estimate of drug-likeness (QED) is 0.281. The van der Waals surface area contributed by atoms with E-state index in [0.717, 1.165) is 0 Å². The molecule has 0 amide bonds. The Morgan fingerprint density at radius 2 is 2.71 bits per heavy atom. The molecule has 0 atom stereocenters. The molecule has 0 N–H and O–H groups in total. The molecule has 0 saturated heterocycles. The first-order valence-corrected chi connectivity index (χ1v) is 2.01. The molecule has 38 valence electrons. The lowest BCUT2D eigenvalue weighted by molar-refractivity contribution is 0.161. The van der Waals surface area contributed by atoms with Gasteiger partial charge in [0.1, 0.15) is 12.8 Å². The van der Waals surface area contributed by atoms with Crippen LogP contribution in [-0.4, -0.2) is 12.8 Å². The van der Waals surface area contributed by atoms with Crippen molar-refractivity contribution in [1.29, 1.82) is 0 Å². The Labute approximate surface area is 43.2 Å². The van der Waals surface area contributed by atoms with Crippen LogP contribution in [0.5, 0.6) is 0 Å². The predicted octanol–water partition coefficient (Wildman–Crippen LogP) is 0.642. The zero-order valence-electron chi connectivity index (χ0n) is 4.22. The average Bonchev–Trinajstić information content (AvgIpc) is 1.69. The van der Waals surface area contributed by atoms with Crippen LogP contribution in [0.15, 0.2) is 5.16 Å². The highest BCUT2D eigenvalue weighted by Crippen LogP contribution is 1.67. The van der Waals surface area contributed by atoms with Crippen LogP contribution in [0.4, 0.5) is 0 Å². The highest BCUT2D eigenvalue weighted by molar-refractivity contribution is 5.76. The van der Waals surface area contributed by atoms with E-state index in [-0.39, 0.29) is 0 Å². The van der Waals surface area contributed by atoms with Crippen LogP contribution < -0.4 is 0 Å². The SMILES string of the molecule is C#CC=NOCC. The van der Waals surface area contributed by atoms with Crippen molar-refractivity contribution in [1.82, 2.24) is 0 Å². The van der Waals surface area contributed by atoms with Crippen molar-refractivity contribution >= 4 is 6.21 Å². The third-order valence-corrected chi connectivity index (χ3v) is 0.331. The molecule has 0 aliphatic heterocycles. The maximum atomic E-state index is 4.79. The van der Waals surface area contributed by atoms with E-state index in [1.54, 1.807) is 0 Å². The van der Waals surface area contributed by atoms with Crippen molar-refractivity contribution in [3.8, 4) is 12.3 Å². The monoisotopic (exact) mass is 97.1 g/mol. The molecule has 0 aliphatic rings. The summed E-state index contributed by atoms with van der Waals surface area (Å²) >= 11 is 0. The molecule has 0 aliphatic carbocycles. The average molecular weight is 97.1 g/mol. The zero-order chi connectivity index (χ0) is 5.54. The second kappa shape index (κ2) is 5.03. The van der Waals surface area contributed by atoms with Crippen LogP contribution >= 0.6 is 0 Å². The number of nitrogens with zero attached hydrogens (tertiary/aromatic N) is 1. The van der Waals surface area contributed by atoms with E-state index in [9.17, 15) is 0 Å². The van der Waals surface area contributed by atoms with Crippen LogP contribution in [-0.2, 0) is 4.84 Å². The first-order chi connectivity index (χ1) is 3.41. The Balaban J connectivity index is 2.97. The molecule has 0 aromatic rings. The van der Waals surface area contributed by atoms with Crippen molar-refractivity contribution in [3.05, 3.63) is 0 Å². The van der Waals surface area contributed by atoms with Crippen LogP contribution in [0, 0.1) is 12.3 Å². The molecular formula is C5H7NO. The van der Waals surface area contributed by atoms with Gasteiger partial charge in [-0.15, -0.1) is 6.42 Å². The zero-order valence-corrected chi connectivity index (χ0v) is 4.22. The molecule has 0 unspecified atom stereocenters. The Kier molecular flexibility index (Phi) is 4.33. The number of oxime groups is 1. The van der Waals surface area contributed by atoms with Crippen LogP contribution in [0.1, 0.15) is 6.92 Å². The number of rotatable bonds is 2. The summed E-state index contributed by atoms with van der Waals surface area (Å²) in [6, 6.07) is 0. The largest absolute Gasteiger partial charge is 0.396 e. The molecule has 0 radical (unpaired) electrons. The Morgan fingerprint density at radius 3 is 3.14 bits per heavy atom. The molecular weight excluding hydrogens is 90.1 g/mol. The molecule has 0 fully saturated rings. The van der Waals surface area contributed by atoms with Crippen molar-refractivity contribution in [2.24, 2.45) is 5.16 Å². The third kappa shape index (κ3) is 5.03. The molecule has 0 rings (SSSR count). The third-order valence-electron chi connectivity index (χ3n) is 0.331. The lowest BCUT2D eigenvalue weighted by Crippen LogP contribution is -1.76. The lowest BCUT2D eigenvalue weighted by atomic mass is 10.8. The van der Waals surface area contributed by atoms with E-state index >= 15 is 0 Å². The van der Waals surface area contributed by atoms with Gasteiger partial charge in [0.25, 0.3) is 0 Å². The summed E-state index contributed by atoms with van der Waals surface area (Å²) in [5.41, 5.74) is 0. The molecule has 7 heavy (non-hydrogen) atoms. The maximum Gasteiger partial charge on any atom is 0.116 e. The summed E-state index contributed by atoms with van der Waals surface area (Å²) in [6.45, 7) is 2.41. The Morgan fingerprint density at radius 1 is 2.00 bits per heavy atom. The Hall–Kier alpha value is -0.970. The number of hydrogen-bond acceptors (Lipinski definition) is 2. The van der Waals surface area contributed by atoms with Gasteiger partial charge in [0.2, 0.25) is 0 Å². The van der Waals surface area contributed by atoms with Gasteiger partial charge in [0, 0.05) is 0 Å². The predicted molar refractivity (Wildman–Crippen MR) is 29.0 cm³/mol. The minimum Gasteiger partial charge on any atom is -0.396 e. The van der Waals surface area contributed by atoms with Crippen molar-refractivity contribution in [2.45, 2.75) is 6.92 Å². The summed E-state index contributed by atoms with van der Waals surface area (Å²) in [6.07, 6.45) is 6.06. The minimum atomic E-state index is 0.568. The van der Waals surface area contributed by atoms with Gasteiger partial charge in [-0.1, -0.05) is 11.1 Å². The highest BCUT2D eigenvalue weighted by atomic mass is 16.6. The topological polar surface area (TPSA) is 21.6 Å². The standard InChI is InChI=1S/C5H7NO/c1-3-5-6-7-4-2/h1,5H,4H2,2H3. The van der Waals surface area contributed by atoms with E-state index < -0.39 is 0 Å². The van der Waals surface area contributed by atoms with Gasteiger partial charge in [-0.3, -0.25) is 0 Å². The summed E-state index contributed by atoms with van der Waals surface area (Å²) in [5.74, 6) is 2.19. The van der Waals surface area contributed by atoms with Crippen molar-refractivity contribution in [3.63, 3.8) is 0 Å². The smallest absolute Gasteiger partial charge is 0.116 e. The van der Waals surface area contributed by atoms with Crippen molar-refractivity contribution < 1.29 is 4.84 Å². The summed E-state index contributed by atoms with van der Waals surface area (Å²) in [4.78, 5) is 4.50. The fourth-order valence-corrected chi connectivity index (χ4v) is 0.142. The second-order valence-corrected chi connectivity index (χ2v) is 0.819. The molecule has 0 spiro atoms. The van der Waals surface area contributed by atoms with E-state index in [2.05, 4.69) is 15.9 Å². The molecule has 0 saturated carbocycles. The van der Waals surface area contributed by atoms with Gasteiger partial charge in [0.15, 0.2) is 0 Å². The first-order valence-electron chi connectivity index (χ1n) is 2.01. The van der Waals surface area contributed by atoms with Gasteiger partial charge in [-0.05, 0) is 6.92 Å². The van der Waals surface area contributed by atoms with Crippen LogP contribution in [0.3, 0.4) is 0 Å². The molecule has 0 heterocycles. The molecule has 2 nitrogen and oxygen atoms in total. The van der Waals surface area contributed by atoms with Gasteiger partial charge in [-0.25, -0.2) is 0 Å². The minimum absolute atomic E-state index is 0.568. The van der Waals surface area contributed by atoms with Crippen LogP contribution in [0.2, 0.25) is 0 Å². The van der Waals surface area contributed by atoms with E-state index in [1.807, 2.05) is 6.92 Å². The van der Waals surface area contributed by atoms with Gasteiger partial charge in [-0.2, -0.15) is 0 Å². The maximum absolute atomic E-state index is 4.79. The fourth-order valence-electron chi connectivity index (χ4n) is 0.142. The van der Waals surface area contributed by atoms with Gasteiger partial charge < -0.3 is 4.84 Å². The normalized spacial score (nSPS) is 8.57. The van der Waals surface area contributed by atoms with E-state index in [4.69, 9.17) is 6.42 Å². The molecule has 0 aromatic heterocycles. The molecule has 0 bridgehead atoms. The second-order valence-electron chi connectivity index (χ2n) is 0.819. The van der Waals surface area contributed by atoms with Gasteiger partial charge >= 0.3 is 0 Å². The fraction of sp³-hybridized carbons (Fsp3) is 0.400. The van der Waals surface area contributed by atoms with Crippen LogP contribution in [0.25, 0.3) is 0 Å². The van der Waals surface area contributed by atoms with Gasteiger partial charge in [0.05, 0.1) is 0 Å². The van der Waals surface area contributed by atoms with E-state index in [0.29, 0.717) is 6.61 Å². The molecule has 2 heteroatoms. The Bertz CT molecular complexity index is 90.7. The summed E-state index contributed by atoms with van der Waals surface area (Å²) in [7, 11) is 0. The number of hydrogen-bond donors (Lipinski definition) is 0. The van der Waals surface area contributed by atoms with Crippen molar-refractivity contribution in [2.75, 3.05) is 6.61 Å². The highest BCUT2D eigenvalue weighted by Gasteiger charge is 1.62. The summed E-state index contributed by atoms with van der Waals surface area (Å²) in [5, 5.41) is 3.35. The summed E-state index contributed by atoms with van der Waals surface area (Å²) < 4.78 is 0. The number of terminal acetylenes is 1. The van der Waals surface area contributed by atoms with E-state index in [1.165, 1.54) is 6.21 Å². The lowest BCUT2D eigenvalue weighted by Gasteiger charge is -1.84. The first kappa shape index (κ1) is 6.03.